The Morgan fingerprint density at radius 3 is 2.62 bits per heavy atom. The van der Waals surface area contributed by atoms with E-state index in [1.807, 2.05) is 0 Å². The summed E-state index contributed by atoms with van der Waals surface area (Å²) >= 11 is 5.83. The van der Waals surface area contributed by atoms with Gasteiger partial charge >= 0.3 is 6.03 Å². The van der Waals surface area contributed by atoms with E-state index < -0.39 is 0 Å². The number of hydrogen-bond acceptors (Lipinski definition) is 1. The molecule has 0 aliphatic heterocycles. The minimum absolute atomic E-state index is 0.217. The molecule has 0 saturated carbocycles. The van der Waals surface area contributed by atoms with Crippen LogP contribution in [0.15, 0.2) is 42.5 Å². The number of urea groups is 1. The molecule has 0 saturated heterocycles. The Hall–Kier alpha value is -2.46. The monoisotopic (exact) mass is 341 g/mol. The van der Waals surface area contributed by atoms with E-state index in [-0.39, 0.29) is 6.03 Å². The van der Waals surface area contributed by atoms with E-state index in [2.05, 4.69) is 47.7 Å². The summed E-state index contributed by atoms with van der Waals surface area (Å²) in [6, 6.07) is 13.2. The van der Waals surface area contributed by atoms with Crippen molar-refractivity contribution in [2.75, 3.05) is 11.9 Å². The number of aromatic amines is 1. The van der Waals surface area contributed by atoms with E-state index in [9.17, 15) is 4.79 Å². The number of fused-ring (bicyclic) bond motifs is 1. The average molecular weight is 342 g/mol. The second-order valence-electron chi connectivity index (χ2n) is 5.92. The Bertz CT molecular complexity index is 868. The lowest BCUT2D eigenvalue weighted by Crippen LogP contribution is -2.30. The van der Waals surface area contributed by atoms with Gasteiger partial charge in [-0.25, -0.2) is 4.79 Å². The maximum Gasteiger partial charge on any atom is 0.319 e. The number of benzene rings is 2. The zero-order chi connectivity index (χ0) is 17.1. The summed E-state index contributed by atoms with van der Waals surface area (Å²) in [7, 11) is 0. The van der Waals surface area contributed by atoms with E-state index in [0.717, 1.165) is 23.3 Å². The van der Waals surface area contributed by atoms with Crippen LogP contribution in [0.4, 0.5) is 10.5 Å². The van der Waals surface area contributed by atoms with Crippen LogP contribution in [0.5, 0.6) is 0 Å². The van der Waals surface area contributed by atoms with Crippen LogP contribution < -0.4 is 10.6 Å². The predicted octanol–water partition coefficient (Wildman–Crippen LogP) is 4.80. The number of halogens is 1. The van der Waals surface area contributed by atoms with Gasteiger partial charge in [-0.15, -0.1) is 0 Å². The minimum Gasteiger partial charge on any atom is -0.358 e. The molecule has 5 heteroatoms. The molecular weight excluding hydrogens is 322 g/mol. The number of carbonyl (C=O) groups is 1. The van der Waals surface area contributed by atoms with E-state index in [4.69, 9.17) is 11.6 Å². The van der Waals surface area contributed by atoms with Crippen LogP contribution in [-0.2, 0) is 6.42 Å². The van der Waals surface area contributed by atoms with Crippen LogP contribution in [-0.4, -0.2) is 17.6 Å². The average Bonchev–Trinajstić information content (AvgIpc) is 2.85. The molecule has 0 fully saturated rings. The van der Waals surface area contributed by atoms with Gasteiger partial charge in [0.15, 0.2) is 0 Å². The van der Waals surface area contributed by atoms with Crippen LogP contribution in [0.3, 0.4) is 0 Å². The minimum atomic E-state index is -0.217. The van der Waals surface area contributed by atoms with Gasteiger partial charge in [0.25, 0.3) is 0 Å². The lowest BCUT2D eigenvalue weighted by Gasteiger charge is -2.08. The lowest BCUT2D eigenvalue weighted by molar-refractivity contribution is 0.252. The van der Waals surface area contributed by atoms with E-state index >= 15 is 0 Å². The number of aromatic nitrogens is 1. The molecule has 0 aliphatic carbocycles. The number of H-pyrrole nitrogens is 1. The van der Waals surface area contributed by atoms with E-state index in [1.165, 1.54) is 16.5 Å². The Morgan fingerprint density at radius 2 is 1.88 bits per heavy atom. The Balaban J connectivity index is 1.60. The predicted molar refractivity (Wildman–Crippen MR) is 100.0 cm³/mol. The van der Waals surface area contributed by atoms with Crippen LogP contribution in [0, 0.1) is 13.8 Å². The number of aryl methyl sites for hydroxylation is 2. The van der Waals surface area contributed by atoms with E-state index in [0.29, 0.717) is 11.6 Å². The first-order valence-corrected chi connectivity index (χ1v) is 8.29. The molecule has 0 aliphatic rings. The van der Waals surface area contributed by atoms with E-state index in [1.54, 1.807) is 24.3 Å². The van der Waals surface area contributed by atoms with Crippen molar-refractivity contribution >= 4 is 34.2 Å². The smallest absolute Gasteiger partial charge is 0.319 e. The summed E-state index contributed by atoms with van der Waals surface area (Å²) in [6.45, 7) is 4.73. The fourth-order valence-electron chi connectivity index (χ4n) is 2.83. The summed E-state index contributed by atoms with van der Waals surface area (Å²) < 4.78 is 0. The number of hydrogen-bond donors (Lipinski definition) is 3. The molecule has 0 atom stereocenters. The molecule has 0 bridgehead atoms. The van der Waals surface area contributed by atoms with Gasteiger partial charge in [0.1, 0.15) is 0 Å². The topological polar surface area (TPSA) is 56.9 Å². The molecule has 2 aromatic carbocycles. The molecule has 0 radical (unpaired) electrons. The lowest BCUT2D eigenvalue weighted by atomic mass is 10.1. The van der Waals surface area contributed by atoms with Crippen molar-refractivity contribution in [2.24, 2.45) is 0 Å². The van der Waals surface area contributed by atoms with Gasteiger partial charge in [-0.2, -0.15) is 0 Å². The highest BCUT2D eigenvalue weighted by atomic mass is 35.5. The highest BCUT2D eigenvalue weighted by molar-refractivity contribution is 6.30. The fourth-order valence-corrected chi connectivity index (χ4v) is 2.95. The Morgan fingerprint density at radius 1 is 1.12 bits per heavy atom. The summed E-state index contributed by atoms with van der Waals surface area (Å²) in [5.74, 6) is 0. The molecule has 1 aromatic heterocycles. The second-order valence-corrected chi connectivity index (χ2v) is 6.35. The first-order chi connectivity index (χ1) is 11.5. The molecule has 4 nitrogen and oxygen atoms in total. The molecule has 0 spiro atoms. The number of amides is 2. The van der Waals surface area contributed by atoms with Gasteiger partial charge in [0, 0.05) is 33.9 Å². The summed E-state index contributed by atoms with van der Waals surface area (Å²) in [5, 5.41) is 7.56. The number of anilines is 1. The van der Waals surface area contributed by atoms with Crippen LogP contribution in [0.2, 0.25) is 5.02 Å². The van der Waals surface area contributed by atoms with Gasteiger partial charge in [-0.1, -0.05) is 23.2 Å². The summed E-state index contributed by atoms with van der Waals surface area (Å²) in [5.41, 5.74) is 5.49. The van der Waals surface area contributed by atoms with Crippen molar-refractivity contribution in [1.82, 2.24) is 10.3 Å². The van der Waals surface area contributed by atoms with Crippen molar-refractivity contribution in [1.29, 1.82) is 0 Å². The fraction of sp³-hybridized carbons (Fsp3) is 0.211. The van der Waals surface area contributed by atoms with Gasteiger partial charge in [0.05, 0.1) is 0 Å². The van der Waals surface area contributed by atoms with Crippen LogP contribution in [0.1, 0.15) is 16.8 Å². The Labute approximate surface area is 146 Å². The standard InChI is InChI=1S/C19H20ClN3O/c1-12-3-8-18-17(11-12)16(13(2)22-18)9-10-21-19(24)23-15-6-4-14(20)5-7-15/h3-8,11,22H,9-10H2,1-2H3,(H2,21,23,24). The first-order valence-electron chi connectivity index (χ1n) is 7.91. The van der Waals surface area contributed by atoms with Gasteiger partial charge in [0.2, 0.25) is 0 Å². The molecular formula is C19H20ClN3O. The van der Waals surface area contributed by atoms with Gasteiger partial charge in [-0.3, -0.25) is 0 Å². The normalized spacial score (nSPS) is 10.8. The van der Waals surface area contributed by atoms with Gasteiger partial charge < -0.3 is 15.6 Å². The zero-order valence-corrected chi connectivity index (χ0v) is 14.5. The first kappa shape index (κ1) is 16.4. The third-order valence-electron chi connectivity index (χ3n) is 4.04. The molecule has 0 unspecified atom stereocenters. The SMILES string of the molecule is Cc1ccc2[nH]c(C)c(CCNC(=O)Nc3ccc(Cl)cc3)c2c1. The number of carbonyl (C=O) groups excluding carboxylic acids is 1. The molecule has 3 aromatic rings. The van der Waals surface area contributed by atoms with Crippen LogP contribution in [0.25, 0.3) is 10.9 Å². The van der Waals surface area contributed by atoms with Gasteiger partial charge in [-0.05, 0) is 62.2 Å². The largest absolute Gasteiger partial charge is 0.358 e. The van der Waals surface area contributed by atoms with Crippen molar-refractivity contribution in [3.8, 4) is 0 Å². The van der Waals surface area contributed by atoms with Crippen LogP contribution >= 0.6 is 11.6 Å². The van der Waals surface area contributed by atoms with Crippen molar-refractivity contribution in [3.05, 3.63) is 64.3 Å². The van der Waals surface area contributed by atoms with Crippen molar-refractivity contribution in [3.63, 3.8) is 0 Å². The van der Waals surface area contributed by atoms with Crippen molar-refractivity contribution < 1.29 is 4.79 Å². The Kier molecular flexibility index (Phi) is 4.76. The summed E-state index contributed by atoms with van der Waals surface area (Å²) in [6.07, 6.45) is 0.781. The molecule has 124 valence electrons. The highest BCUT2D eigenvalue weighted by Crippen LogP contribution is 2.23. The molecule has 2 amide bonds. The third-order valence-corrected chi connectivity index (χ3v) is 4.29. The van der Waals surface area contributed by atoms with Crippen molar-refractivity contribution in [2.45, 2.75) is 20.3 Å². The highest BCUT2D eigenvalue weighted by Gasteiger charge is 2.09. The quantitative estimate of drug-likeness (QED) is 0.627. The molecule has 3 rings (SSSR count). The third kappa shape index (κ3) is 3.71. The molecule has 24 heavy (non-hydrogen) atoms. The number of nitrogens with one attached hydrogen (secondary N) is 3. The second kappa shape index (κ2) is 6.97. The zero-order valence-electron chi connectivity index (χ0n) is 13.7. The number of rotatable bonds is 4. The summed E-state index contributed by atoms with van der Waals surface area (Å²) in [4.78, 5) is 15.4. The maximum absolute atomic E-state index is 12.0. The maximum atomic E-state index is 12.0. The molecule has 1 heterocycles. The molecule has 3 N–H and O–H groups in total.